The van der Waals surface area contributed by atoms with E-state index in [2.05, 4.69) is 21.2 Å². The van der Waals surface area contributed by atoms with Crippen molar-refractivity contribution in [2.24, 2.45) is 0 Å². The molecule has 0 saturated carbocycles. The van der Waals surface area contributed by atoms with Crippen molar-refractivity contribution in [3.63, 3.8) is 0 Å². The molecule has 8 heteroatoms. The summed E-state index contributed by atoms with van der Waals surface area (Å²) >= 11 is 3.49. The average molecular weight is 496 g/mol. The number of halogens is 1. The molecule has 2 aromatic carbocycles. The number of nitrogens with one attached hydrogen (secondary N) is 1. The third-order valence-corrected chi connectivity index (χ3v) is 7.29. The second-order valence-electron chi connectivity index (χ2n) is 8.61. The van der Waals surface area contributed by atoms with E-state index in [0.29, 0.717) is 24.1 Å². The molecule has 5 rings (SSSR count). The van der Waals surface area contributed by atoms with Crippen molar-refractivity contribution in [3.05, 3.63) is 68.7 Å². The minimum absolute atomic E-state index is 0.0436. The van der Waals surface area contributed by atoms with Gasteiger partial charge in [0.1, 0.15) is 6.04 Å². The van der Waals surface area contributed by atoms with Crippen LogP contribution < -0.4 is 5.32 Å². The van der Waals surface area contributed by atoms with Crippen molar-refractivity contribution in [1.29, 1.82) is 0 Å². The molecule has 0 bridgehead atoms. The Bertz CT molecular complexity index is 1190. The SMILES string of the molecule is C[C@@H]1c2cc(C(=O)N3Cc4cc(Br)ccc4[C@@H]3C)ccc2C(=O)N1[C@H]1CCC(=O)NC1=O. The van der Waals surface area contributed by atoms with Crippen LogP contribution in [-0.4, -0.2) is 39.5 Å². The first-order valence-corrected chi connectivity index (χ1v) is 11.4. The van der Waals surface area contributed by atoms with E-state index in [4.69, 9.17) is 0 Å². The summed E-state index contributed by atoms with van der Waals surface area (Å²) in [6.07, 6.45) is 0.510. The van der Waals surface area contributed by atoms with E-state index in [9.17, 15) is 19.2 Å². The molecule has 3 aliphatic heterocycles. The molecule has 1 N–H and O–H groups in total. The van der Waals surface area contributed by atoms with Gasteiger partial charge in [-0.1, -0.05) is 22.0 Å². The Labute approximate surface area is 193 Å². The van der Waals surface area contributed by atoms with Crippen LogP contribution in [-0.2, 0) is 16.1 Å². The van der Waals surface area contributed by atoms with E-state index in [-0.39, 0.29) is 36.2 Å². The van der Waals surface area contributed by atoms with Crippen LogP contribution in [0.1, 0.15) is 76.2 Å². The standard InChI is InChI=1S/C24H22BrN3O4/c1-12-17-6-4-16(25)9-15(17)11-27(12)23(31)14-3-5-18-19(10-14)13(2)28(24(18)32)20-7-8-21(29)26-22(20)30/h3-6,9-10,12-13,20H,7-8,11H2,1-2H3,(H,26,29,30)/t12-,13+,20-/m0/s1. The van der Waals surface area contributed by atoms with Crippen LogP contribution in [0, 0.1) is 0 Å². The number of benzene rings is 2. The van der Waals surface area contributed by atoms with E-state index >= 15 is 0 Å². The number of fused-ring (bicyclic) bond motifs is 2. The molecule has 3 heterocycles. The van der Waals surface area contributed by atoms with E-state index in [0.717, 1.165) is 21.2 Å². The summed E-state index contributed by atoms with van der Waals surface area (Å²) in [6.45, 7) is 4.40. The third kappa shape index (κ3) is 3.16. The molecule has 0 radical (unpaired) electrons. The Morgan fingerprint density at radius 1 is 1.03 bits per heavy atom. The molecule has 0 unspecified atom stereocenters. The largest absolute Gasteiger partial charge is 0.328 e. The minimum atomic E-state index is -0.687. The lowest BCUT2D eigenvalue weighted by Crippen LogP contribution is -2.53. The predicted molar refractivity (Wildman–Crippen MR) is 120 cm³/mol. The summed E-state index contributed by atoms with van der Waals surface area (Å²) in [5.41, 5.74) is 4.01. The zero-order valence-electron chi connectivity index (χ0n) is 17.7. The monoisotopic (exact) mass is 495 g/mol. The zero-order chi connectivity index (χ0) is 22.7. The summed E-state index contributed by atoms with van der Waals surface area (Å²) in [7, 11) is 0. The molecule has 164 valence electrons. The Morgan fingerprint density at radius 3 is 2.56 bits per heavy atom. The number of carbonyl (C=O) groups excluding carboxylic acids is 4. The van der Waals surface area contributed by atoms with Gasteiger partial charge in [0.25, 0.3) is 11.8 Å². The molecule has 32 heavy (non-hydrogen) atoms. The zero-order valence-corrected chi connectivity index (χ0v) is 19.3. The van der Waals surface area contributed by atoms with Crippen LogP contribution in [0.15, 0.2) is 40.9 Å². The van der Waals surface area contributed by atoms with Gasteiger partial charge >= 0.3 is 0 Å². The highest BCUT2D eigenvalue weighted by molar-refractivity contribution is 9.10. The number of amides is 4. The van der Waals surface area contributed by atoms with Crippen LogP contribution in [0.2, 0.25) is 0 Å². The fourth-order valence-electron chi connectivity index (χ4n) is 5.08. The van der Waals surface area contributed by atoms with Crippen molar-refractivity contribution < 1.29 is 19.2 Å². The smallest absolute Gasteiger partial charge is 0.255 e. The molecule has 2 aromatic rings. The van der Waals surface area contributed by atoms with Crippen molar-refractivity contribution in [2.45, 2.75) is 51.4 Å². The van der Waals surface area contributed by atoms with Crippen LogP contribution in [0.3, 0.4) is 0 Å². The molecule has 1 fully saturated rings. The van der Waals surface area contributed by atoms with Gasteiger partial charge in [0.2, 0.25) is 11.8 Å². The average Bonchev–Trinajstić information content (AvgIpc) is 3.21. The topological polar surface area (TPSA) is 86.8 Å². The molecule has 0 aliphatic carbocycles. The number of carbonyl (C=O) groups is 4. The van der Waals surface area contributed by atoms with E-state index < -0.39 is 11.9 Å². The first-order chi connectivity index (χ1) is 15.3. The molecule has 1 saturated heterocycles. The highest BCUT2D eigenvalue weighted by Gasteiger charge is 2.43. The molecular formula is C24H22BrN3O4. The summed E-state index contributed by atoms with van der Waals surface area (Å²) in [6, 6.07) is 10.1. The lowest BCUT2D eigenvalue weighted by atomic mass is 10.0. The number of rotatable bonds is 2. The molecular weight excluding hydrogens is 474 g/mol. The maximum Gasteiger partial charge on any atom is 0.255 e. The summed E-state index contributed by atoms with van der Waals surface area (Å²) < 4.78 is 0.983. The van der Waals surface area contributed by atoms with Crippen LogP contribution >= 0.6 is 15.9 Å². The Morgan fingerprint density at radius 2 is 1.81 bits per heavy atom. The normalized spacial score (nSPS) is 24.5. The van der Waals surface area contributed by atoms with Crippen molar-refractivity contribution >= 4 is 39.6 Å². The predicted octanol–water partition coefficient (Wildman–Crippen LogP) is 3.49. The van der Waals surface area contributed by atoms with E-state index in [1.54, 1.807) is 18.2 Å². The number of hydrogen-bond donors (Lipinski definition) is 1. The fourth-order valence-corrected chi connectivity index (χ4v) is 5.49. The Balaban J connectivity index is 1.42. The van der Waals surface area contributed by atoms with Gasteiger partial charge in [-0.3, -0.25) is 24.5 Å². The molecule has 7 nitrogen and oxygen atoms in total. The van der Waals surface area contributed by atoms with Crippen LogP contribution in [0.4, 0.5) is 0 Å². The van der Waals surface area contributed by atoms with Gasteiger partial charge in [-0.25, -0.2) is 0 Å². The lowest BCUT2D eigenvalue weighted by Gasteiger charge is -2.32. The second kappa shape index (κ2) is 7.55. The first-order valence-electron chi connectivity index (χ1n) is 10.7. The first kappa shape index (κ1) is 20.9. The van der Waals surface area contributed by atoms with Gasteiger partial charge in [0.05, 0.1) is 12.1 Å². The maximum absolute atomic E-state index is 13.4. The van der Waals surface area contributed by atoms with Gasteiger partial charge in [-0.05, 0) is 67.3 Å². The molecule has 4 amide bonds. The quantitative estimate of drug-likeness (QED) is 0.646. The number of nitrogens with zero attached hydrogens (tertiary/aromatic N) is 2. The maximum atomic E-state index is 13.4. The summed E-state index contributed by atoms with van der Waals surface area (Å²) in [4.78, 5) is 53.7. The molecule has 0 aromatic heterocycles. The third-order valence-electron chi connectivity index (χ3n) is 6.80. The van der Waals surface area contributed by atoms with Crippen molar-refractivity contribution in [2.75, 3.05) is 0 Å². The number of imide groups is 1. The van der Waals surface area contributed by atoms with E-state index in [1.165, 1.54) is 4.90 Å². The van der Waals surface area contributed by atoms with Gasteiger partial charge in [-0.15, -0.1) is 0 Å². The second-order valence-corrected chi connectivity index (χ2v) is 9.53. The van der Waals surface area contributed by atoms with Crippen LogP contribution in [0.25, 0.3) is 0 Å². The van der Waals surface area contributed by atoms with Gasteiger partial charge in [-0.2, -0.15) is 0 Å². The highest BCUT2D eigenvalue weighted by Crippen LogP contribution is 2.39. The fraction of sp³-hybridized carbons (Fsp3) is 0.333. The minimum Gasteiger partial charge on any atom is -0.328 e. The highest BCUT2D eigenvalue weighted by atomic mass is 79.9. The summed E-state index contributed by atoms with van der Waals surface area (Å²) in [5.74, 6) is -1.09. The van der Waals surface area contributed by atoms with E-state index in [1.807, 2.05) is 36.9 Å². The number of piperidine rings is 1. The van der Waals surface area contributed by atoms with Gasteiger partial charge in [0, 0.05) is 28.6 Å². The van der Waals surface area contributed by atoms with Crippen LogP contribution in [0.5, 0.6) is 0 Å². The Hall–Kier alpha value is -3.00. The number of hydrogen-bond acceptors (Lipinski definition) is 4. The Kier molecular flexibility index (Phi) is 4.93. The van der Waals surface area contributed by atoms with Gasteiger partial charge < -0.3 is 9.80 Å². The van der Waals surface area contributed by atoms with Crippen molar-refractivity contribution in [3.8, 4) is 0 Å². The van der Waals surface area contributed by atoms with Crippen molar-refractivity contribution in [1.82, 2.24) is 15.1 Å². The molecule has 3 aliphatic rings. The lowest BCUT2D eigenvalue weighted by molar-refractivity contribution is -0.137. The van der Waals surface area contributed by atoms with Gasteiger partial charge in [0.15, 0.2) is 0 Å². The summed E-state index contributed by atoms with van der Waals surface area (Å²) in [5, 5.41) is 2.32. The molecule has 0 spiro atoms. The molecule has 3 atom stereocenters.